The lowest BCUT2D eigenvalue weighted by molar-refractivity contribution is 0.207. The van der Waals surface area contributed by atoms with Crippen LogP contribution in [0.15, 0.2) is 18.2 Å². The summed E-state index contributed by atoms with van der Waals surface area (Å²) < 4.78 is 6.07. The van der Waals surface area contributed by atoms with Crippen molar-refractivity contribution in [3.05, 3.63) is 29.3 Å². The summed E-state index contributed by atoms with van der Waals surface area (Å²) in [5, 5.41) is 0. The maximum Gasteiger partial charge on any atom is 0.124 e. The molecule has 1 fully saturated rings. The Morgan fingerprint density at radius 3 is 2.62 bits per heavy atom. The first-order valence-corrected chi connectivity index (χ1v) is 6.19. The standard InChI is InChI=1S/C14H21NO/c1-10-7-8-13(11(2)15)14(9-10)16-12-5-3-4-6-12/h7-9,11-12H,3-6,15H2,1-2H3/t11-/m0/s1. The van der Waals surface area contributed by atoms with Crippen LogP contribution in [0.4, 0.5) is 0 Å². The van der Waals surface area contributed by atoms with Gasteiger partial charge in [0.15, 0.2) is 0 Å². The molecule has 0 aromatic heterocycles. The van der Waals surface area contributed by atoms with Crippen molar-refractivity contribution in [1.29, 1.82) is 0 Å². The number of aryl methyl sites for hydroxylation is 1. The lowest BCUT2D eigenvalue weighted by Gasteiger charge is -2.18. The molecule has 16 heavy (non-hydrogen) atoms. The lowest BCUT2D eigenvalue weighted by atomic mass is 10.1. The predicted molar refractivity (Wildman–Crippen MR) is 66.7 cm³/mol. The molecule has 1 aliphatic carbocycles. The maximum atomic E-state index is 6.07. The molecule has 0 unspecified atom stereocenters. The Labute approximate surface area is 97.8 Å². The Bertz CT molecular complexity index is 354. The van der Waals surface area contributed by atoms with Gasteiger partial charge in [0.1, 0.15) is 5.75 Å². The van der Waals surface area contributed by atoms with Gasteiger partial charge < -0.3 is 10.5 Å². The zero-order chi connectivity index (χ0) is 11.5. The van der Waals surface area contributed by atoms with Crippen LogP contribution in [-0.2, 0) is 0 Å². The highest BCUT2D eigenvalue weighted by Crippen LogP contribution is 2.30. The lowest BCUT2D eigenvalue weighted by Crippen LogP contribution is -2.15. The second-order valence-corrected chi connectivity index (χ2v) is 4.85. The summed E-state index contributed by atoms with van der Waals surface area (Å²) in [6.07, 6.45) is 5.37. The van der Waals surface area contributed by atoms with Gasteiger partial charge in [-0.3, -0.25) is 0 Å². The fourth-order valence-electron chi connectivity index (χ4n) is 2.31. The van der Waals surface area contributed by atoms with Crippen molar-refractivity contribution in [3.63, 3.8) is 0 Å². The largest absolute Gasteiger partial charge is 0.490 e. The van der Waals surface area contributed by atoms with Crippen LogP contribution < -0.4 is 10.5 Å². The molecule has 1 saturated carbocycles. The molecule has 2 nitrogen and oxygen atoms in total. The Morgan fingerprint density at radius 2 is 2.00 bits per heavy atom. The molecule has 1 atom stereocenters. The van der Waals surface area contributed by atoms with Gasteiger partial charge in [0.2, 0.25) is 0 Å². The van der Waals surface area contributed by atoms with Crippen LogP contribution in [0.5, 0.6) is 5.75 Å². The molecule has 0 saturated heterocycles. The smallest absolute Gasteiger partial charge is 0.124 e. The molecule has 0 heterocycles. The number of nitrogens with two attached hydrogens (primary N) is 1. The third-order valence-corrected chi connectivity index (χ3v) is 3.26. The molecular weight excluding hydrogens is 198 g/mol. The summed E-state index contributed by atoms with van der Waals surface area (Å²) >= 11 is 0. The van der Waals surface area contributed by atoms with E-state index in [2.05, 4.69) is 25.1 Å². The minimum atomic E-state index is 0.0389. The molecule has 0 bridgehead atoms. The normalized spacial score (nSPS) is 18.7. The summed E-state index contributed by atoms with van der Waals surface area (Å²) in [4.78, 5) is 0. The average molecular weight is 219 g/mol. The van der Waals surface area contributed by atoms with Gasteiger partial charge in [-0.1, -0.05) is 12.1 Å². The molecule has 2 heteroatoms. The van der Waals surface area contributed by atoms with Crippen LogP contribution in [0.1, 0.15) is 49.8 Å². The third kappa shape index (κ3) is 2.56. The number of rotatable bonds is 3. The van der Waals surface area contributed by atoms with Crippen LogP contribution in [0, 0.1) is 6.92 Å². The van der Waals surface area contributed by atoms with Crippen molar-refractivity contribution >= 4 is 0 Å². The van der Waals surface area contributed by atoms with E-state index >= 15 is 0 Å². The summed E-state index contributed by atoms with van der Waals surface area (Å²) in [5.74, 6) is 0.988. The molecule has 1 aliphatic rings. The van der Waals surface area contributed by atoms with Gasteiger partial charge in [-0.2, -0.15) is 0 Å². The summed E-state index contributed by atoms with van der Waals surface area (Å²) in [6.45, 7) is 4.10. The van der Waals surface area contributed by atoms with E-state index in [0.717, 1.165) is 11.3 Å². The zero-order valence-electron chi connectivity index (χ0n) is 10.2. The van der Waals surface area contributed by atoms with Crippen LogP contribution >= 0.6 is 0 Å². The van der Waals surface area contributed by atoms with E-state index < -0.39 is 0 Å². The number of benzene rings is 1. The fourth-order valence-corrected chi connectivity index (χ4v) is 2.31. The second kappa shape index (κ2) is 4.88. The molecule has 0 radical (unpaired) electrons. The fraction of sp³-hybridized carbons (Fsp3) is 0.571. The Kier molecular flexibility index (Phi) is 3.49. The van der Waals surface area contributed by atoms with E-state index in [-0.39, 0.29) is 6.04 Å². The van der Waals surface area contributed by atoms with Gasteiger partial charge in [-0.15, -0.1) is 0 Å². The van der Waals surface area contributed by atoms with Crippen molar-refractivity contribution in [2.24, 2.45) is 5.73 Å². The molecule has 0 amide bonds. The first kappa shape index (κ1) is 11.5. The van der Waals surface area contributed by atoms with Gasteiger partial charge in [-0.05, 0) is 51.2 Å². The van der Waals surface area contributed by atoms with Crippen molar-refractivity contribution in [2.75, 3.05) is 0 Å². The minimum absolute atomic E-state index is 0.0389. The van der Waals surface area contributed by atoms with Gasteiger partial charge in [-0.25, -0.2) is 0 Å². The quantitative estimate of drug-likeness (QED) is 0.846. The maximum absolute atomic E-state index is 6.07. The second-order valence-electron chi connectivity index (χ2n) is 4.85. The molecule has 2 rings (SSSR count). The molecule has 2 N–H and O–H groups in total. The topological polar surface area (TPSA) is 35.2 Å². The molecule has 0 spiro atoms. The SMILES string of the molecule is Cc1ccc([C@H](C)N)c(OC2CCCC2)c1. The highest BCUT2D eigenvalue weighted by atomic mass is 16.5. The monoisotopic (exact) mass is 219 g/mol. The first-order chi connectivity index (χ1) is 7.66. The van der Waals surface area contributed by atoms with Crippen LogP contribution in [0.3, 0.4) is 0 Å². The van der Waals surface area contributed by atoms with Gasteiger partial charge in [0.25, 0.3) is 0 Å². The summed E-state index contributed by atoms with van der Waals surface area (Å²) in [6, 6.07) is 6.33. The molecule has 1 aromatic rings. The van der Waals surface area contributed by atoms with Crippen molar-refractivity contribution in [2.45, 2.75) is 51.7 Å². The van der Waals surface area contributed by atoms with Gasteiger partial charge in [0.05, 0.1) is 6.10 Å². The number of ether oxygens (including phenoxy) is 1. The van der Waals surface area contributed by atoms with E-state index in [0.29, 0.717) is 6.10 Å². The van der Waals surface area contributed by atoms with E-state index in [1.807, 2.05) is 6.92 Å². The minimum Gasteiger partial charge on any atom is -0.490 e. The highest BCUT2D eigenvalue weighted by Gasteiger charge is 2.18. The Morgan fingerprint density at radius 1 is 1.31 bits per heavy atom. The van der Waals surface area contributed by atoms with Crippen LogP contribution in [0.2, 0.25) is 0 Å². The number of hydrogen-bond donors (Lipinski definition) is 1. The predicted octanol–water partition coefficient (Wildman–Crippen LogP) is 3.34. The highest BCUT2D eigenvalue weighted by molar-refractivity contribution is 5.39. The summed E-state index contributed by atoms with van der Waals surface area (Å²) in [5.41, 5.74) is 8.32. The molecule has 1 aromatic carbocycles. The average Bonchev–Trinajstić information content (AvgIpc) is 2.70. The third-order valence-electron chi connectivity index (χ3n) is 3.26. The van der Waals surface area contributed by atoms with E-state index in [1.54, 1.807) is 0 Å². The molecular formula is C14H21NO. The van der Waals surface area contributed by atoms with Gasteiger partial charge in [0, 0.05) is 11.6 Å². The van der Waals surface area contributed by atoms with E-state index in [9.17, 15) is 0 Å². The van der Waals surface area contributed by atoms with Crippen molar-refractivity contribution < 1.29 is 4.74 Å². The Balaban J connectivity index is 2.19. The molecule has 88 valence electrons. The van der Waals surface area contributed by atoms with Crippen LogP contribution in [-0.4, -0.2) is 6.10 Å². The van der Waals surface area contributed by atoms with Gasteiger partial charge >= 0.3 is 0 Å². The van der Waals surface area contributed by atoms with Crippen molar-refractivity contribution in [3.8, 4) is 5.75 Å². The van der Waals surface area contributed by atoms with Crippen LogP contribution in [0.25, 0.3) is 0 Å². The first-order valence-electron chi connectivity index (χ1n) is 6.19. The summed E-state index contributed by atoms with van der Waals surface area (Å²) in [7, 11) is 0. The van der Waals surface area contributed by atoms with E-state index in [1.165, 1.54) is 31.2 Å². The van der Waals surface area contributed by atoms with Crippen molar-refractivity contribution in [1.82, 2.24) is 0 Å². The van der Waals surface area contributed by atoms with E-state index in [4.69, 9.17) is 10.5 Å². The number of hydrogen-bond acceptors (Lipinski definition) is 2. The Hall–Kier alpha value is -1.02. The zero-order valence-corrected chi connectivity index (χ0v) is 10.2. The molecule has 0 aliphatic heterocycles.